The predicted molar refractivity (Wildman–Crippen MR) is 96.0 cm³/mol. The Kier molecular flexibility index (Phi) is 4.19. The van der Waals surface area contributed by atoms with E-state index in [1.165, 1.54) is 30.0 Å². The van der Waals surface area contributed by atoms with E-state index in [9.17, 15) is 8.42 Å². The van der Waals surface area contributed by atoms with Crippen LogP contribution in [0.1, 0.15) is 39.5 Å². The summed E-state index contributed by atoms with van der Waals surface area (Å²) in [6.45, 7) is 4.60. The van der Waals surface area contributed by atoms with Crippen molar-refractivity contribution in [1.29, 1.82) is 0 Å². The second kappa shape index (κ2) is 6.25. The first kappa shape index (κ1) is 16.8. The molecule has 2 fully saturated rings. The van der Waals surface area contributed by atoms with E-state index in [4.69, 9.17) is 0 Å². The largest absolute Gasteiger partial charge is 0.351 e. The Balaban J connectivity index is 1.66. The van der Waals surface area contributed by atoms with Gasteiger partial charge in [-0.3, -0.25) is 4.40 Å². The third-order valence-electron chi connectivity index (χ3n) is 5.77. The van der Waals surface area contributed by atoms with Crippen molar-refractivity contribution in [2.24, 2.45) is 11.8 Å². The SMILES string of the molecule is CCN(CC)S(=O)(=O)c1ccc2nnc(N[C@@H]3C[C@H]4CC[C@@H]3C4)n2c1. The van der Waals surface area contributed by atoms with Gasteiger partial charge in [-0.15, -0.1) is 10.2 Å². The van der Waals surface area contributed by atoms with E-state index >= 15 is 0 Å². The van der Waals surface area contributed by atoms with Gasteiger partial charge in [0.1, 0.15) is 0 Å². The van der Waals surface area contributed by atoms with Crippen molar-refractivity contribution in [2.45, 2.75) is 50.5 Å². The first-order chi connectivity index (χ1) is 12.0. The van der Waals surface area contributed by atoms with Crippen LogP contribution in [0.3, 0.4) is 0 Å². The minimum absolute atomic E-state index is 0.277. The third-order valence-corrected chi connectivity index (χ3v) is 7.80. The number of nitrogens with one attached hydrogen (secondary N) is 1. The Morgan fingerprint density at radius 3 is 2.64 bits per heavy atom. The first-order valence-electron chi connectivity index (χ1n) is 9.14. The molecule has 25 heavy (non-hydrogen) atoms. The van der Waals surface area contributed by atoms with E-state index in [1.54, 1.807) is 22.7 Å². The maximum Gasteiger partial charge on any atom is 0.244 e. The van der Waals surface area contributed by atoms with Crippen LogP contribution in [0.4, 0.5) is 5.95 Å². The zero-order valence-electron chi connectivity index (χ0n) is 14.7. The van der Waals surface area contributed by atoms with E-state index in [0.717, 1.165) is 5.92 Å². The van der Waals surface area contributed by atoms with Crippen molar-refractivity contribution in [2.75, 3.05) is 18.4 Å². The predicted octanol–water partition coefficient (Wildman–Crippen LogP) is 2.36. The lowest BCUT2D eigenvalue weighted by atomic mass is 9.95. The van der Waals surface area contributed by atoms with Crippen molar-refractivity contribution >= 4 is 21.6 Å². The van der Waals surface area contributed by atoms with Gasteiger partial charge in [-0.25, -0.2) is 8.42 Å². The first-order valence-corrected chi connectivity index (χ1v) is 10.6. The number of anilines is 1. The lowest BCUT2D eigenvalue weighted by Gasteiger charge is -2.23. The number of rotatable bonds is 6. The van der Waals surface area contributed by atoms with Crippen LogP contribution >= 0.6 is 0 Å². The summed E-state index contributed by atoms with van der Waals surface area (Å²) in [5.41, 5.74) is 0.657. The molecule has 2 aliphatic carbocycles. The summed E-state index contributed by atoms with van der Waals surface area (Å²) in [6.07, 6.45) is 6.74. The molecule has 0 unspecified atom stereocenters. The quantitative estimate of drug-likeness (QED) is 0.852. The number of pyridine rings is 1. The van der Waals surface area contributed by atoms with Crippen molar-refractivity contribution < 1.29 is 8.42 Å². The Bertz CT molecular complexity index is 874. The second-order valence-corrected chi connectivity index (χ2v) is 9.07. The van der Waals surface area contributed by atoms with Gasteiger partial charge in [-0.05, 0) is 43.2 Å². The fourth-order valence-electron chi connectivity index (χ4n) is 4.42. The van der Waals surface area contributed by atoms with Crippen LogP contribution in [0.15, 0.2) is 23.2 Å². The lowest BCUT2D eigenvalue weighted by Crippen LogP contribution is -2.31. The van der Waals surface area contributed by atoms with Gasteiger partial charge >= 0.3 is 0 Å². The van der Waals surface area contributed by atoms with Gasteiger partial charge in [0.15, 0.2) is 5.65 Å². The molecule has 0 aromatic carbocycles. The summed E-state index contributed by atoms with van der Waals surface area (Å²) in [7, 11) is -3.49. The highest BCUT2D eigenvalue weighted by molar-refractivity contribution is 7.89. The highest BCUT2D eigenvalue weighted by Gasteiger charge is 2.40. The molecular formula is C17H25N5O2S. The van der Waals surface area contributed by atoms with Crippen LogP contribution in [0.2, 0.25) is 0 Å². The number of nitrogens with zero attached hydrogens (tertiary/aromatic N) is 4. The van der Waals surface area contributed by atoms with Crippen LogP contribution in [-0.4, -0.2) is 46.5 Å². The molecule has 0 aliphatic heterocycles. The van der Waals surface area contributed by atoms with E-state index in [1.807, 2.05) is 13.8 Å². The Hall–Kier alpha value is -1.67. The van der Waals surface area contributed by atoms with Gasteiger partial charge in [0.05, 0.1) is 4.90 Å². The van der Waals surface area contributed by atoms with Crippen LogP contribution in [0.25, 0.3) is 5.65 Å². The average Bonchev–Trinajstić information content (AvgIpc) is 3.31. The molecule has 4 rings (SSSR count). The molecule has 1 N–H and O–H groups in total. The monoisotopic (exact) mass is 363 g/mol. The smallest absolute Gasteiger partial charge is 0.244 e. The second-order valence-electron chi connectivity index (χ2n) is 7.13. The Morgan fingerprint density at radius 2 is 2.00 bits per heavy atom. The Morgan fingerprint density at radius 1 is 1.20 bits per heavy atom. The third kappa shape index (κ3) is 2.81. The number of hydrogen-bond donors (Lipinski definition) is 1. The standard InChI is InChI=1S/C17H25N5O2S/c1-3-21(4-2)25(23,24)14-7-8-16-19-20-17(22(16)11-14)18-15-10-12-5-6-13(15)9-12/h7-8,11-13,15H,3-6,9-10H2,1-2H3,(H,18,20)/t12-,13+,15+/m0/s1. The molecule has 2 aromatic heterocycles. The van der Waals surface area contributed by atoms with Crippen molar-refractivity contribution in [3.8, 4) is 0 Å². The molecular weight excluding hydrogens is 338 g/mol. The van der Waals surface area contributed by atoms with Crippen LogP contribution in [0.5, 0.6) is 0 Å². The van der Waals surface area contributed by atoms with Crippen molar-refractivity contribution in [3.63, 3.8) is 0 Å². The maximum absolute atomic E-state index is 12.8. The molecule has 136 valence electrons. The van der Waals surface area contributed by atoms with Gasteiger partial charge in [0, 0.05) is 25.3 Å². The van der Waals surface area contributed by atoms with Gasteiger partial charge in [-0.1, -0.05) is 20.3 Å². The summed E-state index contributed by atoms with van der Waals surface area (Å²) < 4.78 is 28.8. The minimum Gasteiger partial charge on any atom is -0.351 e. The van der Waals surface area contributed by atoms with Gasteiger partial charge in [0.25, 0.3) is 0 Å². The molecule has 2 aliphatic rings. The number of hydrogen-bond acceptors (Lipinski definition) is 5. The average molecular weight is 363 g/mol. The van der Waals surface area contributed by atoms with E-state index in [2.05, 4.69) is 15.5 Å². The topological polar surface area (TPSA) is 79.6 Å². The number of fused-ring (bicyclic) bond motifs is 3. The number of aromatic nitrogens is 3. The highest BCUT2D eigenvalue weighted by atomic mass is 32.2. The van der Waals surface area contributed by atoms with E-state index in [-0.39, 0.29) is 4.90 Å². The molecule has 7 nitrogen and oxygen atoms in total. The molecule has 0 radical (unpaired) electrons. The van der Waals surface area contributed by atoms with Gasteiger partial charge in [-0.2, -0.15) is 4.31 Å². The van der Waals surface area contributed by atoms with Gasteiger partial charge in [0.2, 0.25) is 16.0 Å². The Labute approximate surface area is 148 Å². The zero-order valence-corrected chi connectivity index (χ0v) is 15.5. The summed E-state index contributed by atoms with van der Waals surface area (Å²) in [5, 5.41) is 11.9. The maximum atomic E-state index is 12.8. The molecule has 0 saturated heterocycles. The molecule has 8 heteroatoms. The minimum atomic E-state index is -3.49. The fourth-order valence-corrected chi connectivity index (χ4v) is 5.88. The fraction of sp³-hybridized carbons (Fsp3) is 0.647. The van der Waals surface area contributed by atoms with Crippen LogP contribution < -0.4 is 5.32 Å². The molecule has 0 spiro atoms. The van der Waals surface area contributed by atoms with E-state index < -0.39 is 10.0 Å². The van der Waals surface area contributed by atoms with Crippen LogP contribution in [0, 0.1) is 11.8 Å². The molecule has 0 amide bonds. The molecule has 2 saturated carbocycles. The number of sulfonamides is 1. The molecule has 3 atom stereocenters. The molecule has 2 bridgehead atoms. The highest BCUT2D eigenvalue weighted by Crippen LogP contribution is 2.45. The molecule has 2 aromatic rings. The van der Waals surface area contributed by atoms with Crippen molar-refractivity contribution in [3.05, 3.63) is 18.3 Å². The lowest BCUT2D eigenvalue weighted by molar-refractivity contribution is 0.437. The molecule has 2 heterocycles. The van der Waals surface area contributed by atoms with Crippen LogP contribution in [-0.2, 0) is 10.0 Å². The van der Waals surface area contributed by atoms with Crippen molar-refractivity contribution in [1.82, 2.24) is 18.9 Å². The summed E-state index contributed by atoms with van der Waals surface area (Å²) in [5.74, 6) is 2.18. The summed E-state index contributed by atoms with van der Waals surface area (Å²) in [6, 6.07) is 3.75. The summed E-state index contributed by atoms with van der Waals surface area (Å²) in [4.78, 5) is 0.277. The normalized spacial score (nSPS) is 26.0. The van der Waals surface area contributed by atoms with E-state index in [0.29, 0.717) is 36.6 Å². The van der Waals surface area contributed by atoms with Gasteiger partial charge < -0.3 is 5.32 Å². The zero-order chi connectivity index (χ0) is 17.6. The summed E-state index contributed by atoms with van der Waals surface area (Å²) >= 11 is 0.